The normalized spacial score (nSPS) is 45.1. The van der Waals surface area contributed by atoms with Crippen molar-refractivity contribution in [3.05, 3.63) is 23.8 Å². The summed E-state index contributed by atoms with van der Waals surface area (Å²) in [4.78, 5) is 40.9. The van der Waals surface area contributed by atoms with Gasteiger partial charge in [-0.15, -0.1) is 0 Å². The number of nitrogens with zero attached hydrogens (tertiary/aromatic N) is 1. The molecular formula is C32H46N2O7. The Labute approximate surface area is 243 Å². The number of hydrogen-bond acceptors (Lipinski definition) is 8. The van der Waals surface area contributed by atoms with Crippen molar-refractivity contribution in [1.82, 2.24) is 10.2 Å². The second kappa shape index (κ2) is 10.7. The highest BCUT2D eigenvalue weighted by Crippen LogP contribution is 2.69. The number of rotatable bonds is 8. The van der Waals surface area contributed by atoms with Gasteiger partial charge in [0, 0.05) is 23.3 Å². The van der Waals surface area contributed by atoms with Gasteiger partial charge in [-0.3, -0.25) is 14.4 Å². The molecule has 2 heterocycles. The zero-order chi connectivity index (χ0) is 29.2. The van der Waals surface area contributed by atoms with Crippen molar-refractivity contribution in [1.29, 1.82) is 0 Å². The van der Waals surface area contributed by atoms with E-state index in [0.717, 1.165) is 37.7 Å². The van der Waals surface area contributed by atoms with Crippen LogP contribution in [0, 0.1) is 28.6 Å². The van der Waals surface area contributed by atoms with Crippen LogP contribution < -0.4 is 5.32 Å². The number of hydrogen-bond donors (Lipinski definition) is 2. The first-order chi connectivity index (χ1) is 19.6. The summed E-state index contributed by atoms with van der Waals surface area (Å²) in [7, 11) is 1.79. The fourth-order valence-electron chi connectivity index (χ4n) is 9.70. The molecule has 0 bridgehead atoms. The van der Waals surface area contributed by atoms with E-state index in [2.05, 4.69) is 26.1 Å². The van der Waals surface area contributed by atoms with E-state index in [4.69, 9.17) is 14.2 Å². The number of Topliss-reactive ketones (excluding diaryl/α,β-unsaturated/α-hetero) is 1. The molecule has 0 aromatic heterocycles. The Morgan fingerprint density at radius 3 is 2.83 bits per heavy atom. The maximum atomic E-state index is 14.3. The molecule has 2 unspecified atom stereocenters. The molecular weight excluding hydrogens is 524 g/mol. The highest BCUT2D eigenvalue weighted by atomic mass is 16.7. The Morgan fingerprint density at radius 1 is 1.27 bits per heavy atom. The number of fused-ring (bicyclic) bond motifs is 7. The maximum absolute atomic E-state index is 14.3. The SMILES string of the molecule is CCCC1O[C@@H]2C[C@H]3[C@@H]4CCC5=CC(=O)C=C[C@]5(C)[C@H]4[C@@H](O)C[C@]3(C)[C@]2(C(=O)COCN2CCCC(NC)C2=O)O1. The summed E-state index contributed by atoms with van der Waals surface area (Å²) in [6.45, 7) is 6.85. The molecule has 6 aliphatic rings. The smallest absolute Gasteiger partial charge is 0.241 e. The molecule has 0 aromatic carbocycles. The molecule has 9 nitrogen and oxygen atoms in total. The second-order valence-corrected chi connectivity index (χ2v) is 13.6. The van der Waals surface area contributed by atoms with Gasteiger partial charge in [0.05, 0.1) is 18.2 Å². The summed E-state index contributed by atoms with van der Waals surface area (Å²) in [5.74, 6) is 0.110. The van der Waals surface area contributed by atoms with Gasteiger partial charge >= 0.3 is 0 Å². The molecule has 2 aliphatic heterocycles. The zero-order valence-electron chi connectivity index (χ0n) is 24.9. The fourth-order valence-corrected chi connectivity index (χ4v) is 9.70. The predicted octanol–water partition coefficient (Wildman–Crippen LogP) is 2.91. The number of likely N-dealkylation sites (N-methyl/N-ethyl adjacent to an activating group) is 1. The molecule has 3 saturated carbocycles. The molecule has 0 radical (unpaired) electrons. The molecule has 4 aliphatic carbocycles. The summed E-state index contributed by atoms with van der Waals surface area (Å²) in [5.41, 5.74) is -1.12. The van der Waals surface area contributed by atoms with E-state index in [9.17, 15) is 19.5 Å². The van der Waals surface area contributed by atoms with Gasteiger partial charge in [0.25, 0.3) is 0 Å². The third kappa shape index (κ3) is 4.33. The molecule has 5 fully saturated rings. The van der Waals surface area contributed by atoms with Gasteiger partial charge < -0.3 is 29.5 Å². The van der Waals surface area contributed by atoms with E-state index in [1.54, 1.807) is 24.1 Å². The predicted molar refractivity (Wildman–Crippen MR) is 150 cm³/mol. The van der Waals surface area contributed by atoms with Crippen molar-refractivity contribution >= 4 is 17.5 Å². The Hall–Kier alpha value is -1.91. The van der Waals surface area contributed by atoms with Crippen LogP contribution in [-0.4, -0.2) is 84.6 Å². The number of carbonyl (C=O) groups excluding carboxylic acids is 3. The topological polar surface area (TPSA) is 114 Å². The lowest BCUT2D eigenvalue weighted by atomic mass is 9.46. The van der Waals surface area contributed by atoms with Crippen molar-refractivity contribution in [2.45, 2.75) is 102 Å². The number of aliphatic hydroxyl groups excluding tert-OH is 1. The summed E-state index contributed by atoms with van der Waals surface area (Å²) >= 11 is 0. The van der Waals surface area contributed by atoms with Crippen LogP contribution in [0.5, 0.6) is 0 Å². The minimum Gasteiger partial charge on any atom is -0.393 e. The third-order valence-electron chi connectivity index (χ3n) is 11.6. The quantitative estimate of drug-likeness (QED) is 0.458. The van der Waals surface area contributed by atoms with Gasteiger partial charge in [0.15, 0.2) is 23.5 Å². The second-order valence-electron chi connectivity index (χ2n) is 13.6. The lowest BCUT2D eigenvalue weighted by molar-refractivity contribution is -0.202. The number of aliphatic hydroxyl groups is 1. The lowest BCUT2D eigenvalue weighted by Crippen LogP contribution is -2.63. The van der Waals surface area contributed by atoms with Gasteiger partial charge in [-0.1, -0.05) is 38.8 Å². The number of allylic oxidation sites excluding steroid dienone is 4. The van der Waals surface area contributed by atoms with Crippen molar-refractivity contribution in [2.75, 3.05) is 26.9 Å². The van der Waals surface area contributed by atoms with Crippen LogP contribution in [0.3, 0.4) is 0 Å². The molecule has 2 N–H and O–H groups in total. The summed E-state index contributed by atoms with van der Waals surface area (Å²) in [5, 5.41) is 14.9. The Balaban J connectivity index is 1.26. The molecule has 226 valence electrons. The average molecular weight is 571 g/mol. The van der Waals surface area contributed by atoms with Crippen LogP contribution in [0.25, 0.3) is 0 Å². The van der Waals surface area contributed by atoms with E-state index in [1.165, 1.54) is 0 Å². The van der Waals surface area contributed by atoms with Gasteiger partial charge in [0.1, 0.15) is 13.3 Å². The third-order valence-corrected chi connectivity index (χ3v) is 11.6. The molecule has 1 amide bonds. The van der Waals surface area contributed by atoms with Crippen molar-refractivity contribution in [3.8, 4) is 0 Å². The minimum atomic E-state index is -1.21. The molecule has 9 heteroatoms. The van der Waals surface area contributed by atoms with Crippen LogP contribution in [0.2, 0.25) is 0 Å². The number of nitrogens with one attached hydrogen (secondary N) is 1. The number of likely N-dealkylation sites (tertiary alicyclic amines) is 1. The number of ketones is 2. The fraction of sp³-hybridized carbons (Fsp3) is 0.781. The van der Waals surface area contributed by atoms with Crippen LogP contribution in [-0.2, 0) is 28.6 Å². The monoisotopic (exact) mass is 570 g/mol. The van der Waals surface area contributed by atoms with Crippen LogP contribution in [0.1, 0.15) is 72.1 Å². The van der Waals surface area contributed by atoms with Gasteiger partial charge in [-0.05, 0) is 76.0 Å². The number of ether oxygens (including phenoxy) is 3. The van der Waals surface area contributed by atoms with Crippen LogP contribution in [0.15, 0.2) is 23.8 Å². The van der Waals surface area contributed by atoms with Crippen LogP contribution in [0.4, 0.5) is 0 Å². The Kier molecular flexibility index (Phi) is 7.59. The number of piperidine rings is 1. The molecule has 2 saturated heterocycles. The van der Waals surface area contributed by atoms with Crippen molar-refractivity contribution < 1.29 is 33.7 Å². The van der Waals surface area contributed by atoms with Gasteiger partial charge in [-0.25, -0.2) is 0 Å². The van der Waals surface area contributed by atoms with Gasteiger partial charge in [0.2, 0.25) is 5.91 Å². The van der Waals surface area contributed by atoms with E-state index >= 15 is 0 Å². The van der Waals surface area contributed by atoms with E-state index < -0.39 is 29.5 Å². The number of carbonyl (C=O) groups is 3. The standard InChI is InChI=1S/C32H46N2O7/c1-5-7-27-40-26-15-22-21-10-9-19-14-20(35)11-12-30(19,2)28(21)24(36)16-31(22,3)32(26,41-27)25(37)17-39-18-34-13-6-8-23(33-4)29(34)38/h11-12,14,21-24,26-28,33,36H,5-10,13,15-18H2,1-4H3/t21-,22-,23?,24-,26+,27?,28+,30-,31-,32+/m0/s1. The van der Waals surface area contributed by atoms with E-state index in [-0.39, 0.29) is 60.0 Å². The van der Waals surface area contributed by atoms with Crippen molar-refractivity contribution in [3.63, 3.8) is 0 Å². The average Bonchev–Trinajstić information content (AvgIpc) is 3.42. The van der Waals surface area contributed by atoms with Crippen LogP contribution >= 0.6 is 0 Å². The first-order valence-electron chi connectivity index (χ1n) is 15.6. The Bertz CT molecular complexity index is 1150. The van der Waals surface area contributed by atoms with Crippen molar-refractivity contribution in [2.24, 2.45) is 28.6 Å². The first kappa shape index (κ1) is 29.2. The largest absolute Gasteiger partial charge is 0.393 e. The first-order valence-corrected chi connectivity index (χ1v) is 15.6. The van der Waals surface area contributed by atoms with E-state index in [1.807, 2.05) is 6.08 Å². The summed E-state index contributed by atoms with van der Waals surface area (Å²) in [6, 6.07) is -0.219. The molecule has 0 aromatic rings. The molecule has 6 rings (SSSR count). The molecule has 0 spiro atoms. The number of amides is 1. The summed E-state index contributed by atoms with van der Waals surface area (Å²) in [6.07, 6.45) is 9.91. The highest BCUT2D eigenvalue weighted by molar-refractivity contribution is 6.01. The zero-order valence-corrected chi connectivity index (χ0v) is 24.9. The molecule has 41 heavy (non-hydrogen) atoms. The maximum Gasteiger partial charge on any atom is 0.241 e. The lowest BCUT2D eigenvalue weighted by Gasteiger charge is -2.59. The minimum absolute atomic E-state index is 0.00212. The Morgan fingerprint density at radius 2 is 2.07 bits per heavy atom. The highest BCUT2D eigenvalue weighted by Gasteiger charge is 2.75. The van der Waals surface area contributed by atoms with Gasteiger partial charge in [-0.2, -0.15) is 0 Å². The molecule has 10 atom stereocenters. The van der Waals surface area contributed by atoms with E-state index in [0.29, 0.717) is 25.8 Å². The summed E-state index contributed by atoms with van der Waals surface area (Å²) < 4.78 is 19.1.